The molecule has 1 N–H and O–H groups in total. The summed E-state index contributed by atoms with van der Waals surface area (Å²) >= 11 is 0. The zero-order chi connectivity index (χ0) is 16.2. The number of aliphatic hydroxyl groups is 1. The second kappa shape index (κ2) is 6.97. The quantitative estimate of drug-likeness (QED) is 0.860. The van der Waals surface area contributed by atoms with Crippen LogP contribution in [0.2, 0.25) is 0 Å². The summed E-state index contributed by atoms with van der Waals surface area (Å²) in [5.41, 5.74) is 6.47. The molecule has 1 aromatic heterocycles. The van der Waals surface area contributed by atoms with Crippen molar-refractivity contribution in [3.63, 3.8) is 0 Å². The van der Waals surface area contributed by atoms with Crippen molar-refractivity contribution in [2.75, 3.05) is 24.6 Å². The van der Waals surface area contributed by atoms with E-state index in [4.69, 9.17) is 0 Å². The van der Waals surface area contributed by atoms with Crippen molar-refractivity contribution in [1.29, 1.82) is 0 Å². The molecule has 2 heterocycles. The van der Waals surface area contributed by atoms with Crippen molar-refractivity contribution in [3.05, 3.63) is 59.4 Å². The van der Waals surface area contributed by atoms with Crippen LogP contribution >= 0.6 is 0 Å². The SMILES string of the molecule is CCN(CCO)c1ccc(C=C2CC[n+]3ccccc32)c(C)c1. The Bertz CT molecular complexity index is 721. The summed E-state index contributed by atoms with van der Waals surface area (Å²) in [6.45, 7) is 7.13. The van der Waals surface area contributed by atoms with E-state index in [1.807, 2.05) is 0 Å². The summed E-state index contributed by atoms with van der Waals surface area (Å²) in [6, 6.07) is 13.0. The van der Waals surface area contributed by atoms with Gasteiger partial charge in [-0.3, -0.25) is 0 Å². The predicted molar refractivity (Wildman–Crippen MR) is 95.3 cm³/mol. The second-order valence-corrected chi connectivity index (χ2v) is 6.04. The minimum Gasteiger partial charge on any atom is -0.395 e. The van der Waals surface area contributed by atoms with Crippen LogP contribution in [0.4, 0.5) is 5.69 Å². The number of fused-ring (bicyclic) bond motifs is 1. The minimum absolute atomic E-state index is 0.187. The Balaban J connectivity index is 1.89. The average Bonchev–Trinajstić information content (AvgIpc) is 2.98. The number of allylic oxidation sites excluding steroid dienone is 1. The molecule has 0 aliphatic carbocycles. The van der Waals surface area contributed by atoms with Gasteiger partial charge in [-0.1, -0.05) is 6.07 Å². The number of nitrogens with zero attached hydrogens (tertiary/aromatic N) is 2. The lowest BCUT2D eigenvalue weighted by Gasteiger charge is -2.22. The predicted octanol–water partition coefficient (Wildman–Crippen LogP) is 3.05. The van der Waals surface area contributed by atoms with Gasteiger partial charge in [-0.25, -0.2) is 0 Å². The van der Waals surface area contributed by atoms with Gasteiger partial charge in [-0.15, -0.1) is 0 Å². The molecule has 23 heavy (non-hydrogen) atoms. The zero-order valence-corrected chi connectivity index (χ0v) is 14.0. The van der Waals surface area contributed by atoms with E-state index in [0.717, 1.165) is 19.5 Å². The van der Waals surface area contributed by atoms with Crippen LogP contribution < -0.4 is 9.47 Å². The smallest absolute Gasteiger partial charge is 0.208 e. The topological polar surface area (TPSA) is 27.3 Å². The van der Waals surface area contributed by atoms with Gasteiger partial charge in [-0.05, 0) is 49.2 Å². The molecule has 1 aliphatic rings. The highest BCUT2D eigenvalue weighted by Gasteiger charge is 2.22. The van der Waals surface area contributed by atoms with Gasteiger partial charge < -0.3 is 10.0 Å². The van der Waals surface area contributed by atoms with Crippen LogP contribution in [-0.2, 0) is 6.54 Å². The summed E-state index contributed by atoms with van der Waals surface area (Å²) in [7, 11) is 0. The third kappa shape index (κ3) is 3.30. The molecule has 0 amide bonds. The average molecular weight is 309 g/mol. The number of pyridine rings is 1. The number of rotatable bonds is 5. The van der Waals surface area contributed by atoms with E-state index in [1.54, 1.807) is 0 Å². The van der Waals surface area contributed by atoms with Gasteiger partial charge in [0.25, 0.3) is 0 Å². The number of hydrogen-bond acceptors (Lipinski definition) is 2. The molecule has 3 rings (SSSR count). The van der Waals surface area contributed by atoms with Crippen molar-refractivity contribution in [2.45, 2.75) is 26.8 Å². The van der Waals surface area contributed by atoms with Gasteiger partial charge >= 0.3 is 0 Å². The van der Waals surface area contributed by atoms with Gasteiger partial charge in [-0.2, -0.15) is 4.57 Å². The summed E-state index contributed by atoms with van der Waals surface area (Å²) in [6.07, 6.45) is 5.57. The lowest BCUT2D eigenvalue weighted by atomic mass is 10.0. The summed E-state index contributed by atoms with van der Waals surface area (Å²) < 4.78 is 2.32. The van der Waals surface area contributed by atoms with Gasteiger partial charge in [0.05, 0.1) is 6.61 Å². The zero-order valence-electron chi connectivity index (χ0n) is 14.0. The van der Waals surface area contributed by atoms with Gasteiger partial charge in [0.15, 0.2) is 12.7 Å². The highest BCUT2D eigenvalue weighted by molar-refractivity contribution is 5.81. The molecule has 0 unspecified atom stereocenters. The number of aryl methyl sites for hydroxylation is 2. The first kappa shape index (κ1) is 15.8. The Hall–Kier alpha value is -2.13. The Labute approximate surface area is 138 Å². The van der Waals surface area contributed by atoms with Gasteiger partial charge in [0.2, 0.25) is 5.69 Å². The van der Waals surface area contributed by atoms with Gasteiger partial charge in [0.1, 0.15) is 0 Å². The number of aromatic nitrogens is 1. The number of anilines is 1. The molecule has 0 bridgehead atoms. The fourth-order valence-electron chi connectivity index (χ4n) is 3.27. The van der Waals surface area contributed by atoms with E-state index in [1.165, 1.54) is 28.1 Å². The minimum atomic E-state index is 0.187. The third-order valence-electron chi connectivity index (χ3n) is 4.59. The van der Waals surface area contributed by atoms with Gasteiger partial charge in [0, 0.05) is 42.9 Å². The van der Waals surface area contributed by atoms with Crippen LogP contribution in [0, 0.1) is 6.92 Å². The molecule has 0 radical (unpaired) electrons. The molecular formula is C20H25N2O+. The molecule has 3 heteroatoms. The van der Waals surface area contributed by atoms with Crippen LogP contribution in [0.25, 0.3) is 11.6 Å². The molecule has 3 nitrogen and oxygen atoms in total. The first-order valence-corrected chi connectivity index (χ1v) is 8.39. The summed E-state index contributed by atoms with van der Waals surface area (Å²) in [5.74, 6) is 0. The highest BCUT2D eigenvalue weighted by atomic mass is 16.3. The van der Waals surface area contributed by atoms with Crippen molar-refractivity contribution >= 4 is 17.3 Å². The first-order chi connectivity index (χ1) is 11.2. The van der Waals surface area contributed by atoms with E-state index >= 15 is 0 Å². The highest BCUT2D eigenvalue weighted by Crippen LogP contribution is 2.26. The van der Waals surface area contributed by atoms with Crippen molar-refractivity contribution in [3.8, 4) is 0 Å². The lowest BCUT2D eigenvalue weighted by molar-refractivity contribution is -0.689. The molecule has 0 atom stereocenters. The molecule has 120 valence electrons. The number of hydrogen-bond donors (Lipinski definition) is 1. The Morgan fingerprint density at radius 1 is 1.26 bits per heavy atom. The molecule has 1 aliphatic heterocycles. The molecule has 0 spiro atoms. The molecular weight excluding hydrogens is 284 g/mol. The summed E-state index contributed by atoms with van der Waals surface area (Å²) in [4.78, 5) is 2.20. The molecule has 1 aromatic carbocycles. The molecule has 0 saturated heterocycles. The maximum atomic E-state index is 9.18. The lowest BCUT2D eigenvalue weighted by Crippen LogP contribution is -2.31. The fourth-order valence-corrected chi connectivity index (χ4v) is 3.27. The maximum Gasteiger partial charge on any atom is 0.208 e. The molecule has 0 fully saturated rings. The third-order valence-corrected chi connectivity index (χ3v) is 4.59. The van der Waals surface area contributed by atoms with E-state index < -0.39 is 0 Å². The maximum absolute atomic E-state index is 9.18. The van der Waals surface area contributed by atoms with Crippen molar-refractivity contribution in [2.24, 2.45) is 0 Å². The van der Waals surface area contributed by atoms with Crippen LogP contribution in [0.3, 0.4) is 0 Å². The largest absolute Gasteiger partial charge is 0.395 e. The van der Waals surface area contributed by atoms with Crippen LogP contribution in [0.15, 0.2) is 42.6 Å². The molecule has 0 saturated carbocycles. The van der Waals surface area contributed by atoms with Crippen LogP contribution in [0.5, 0.6) is 0 Å². The fraction of sp³-hybridized carbons (Fsp3) is 0.350. The first-order valence-electron chi connectivity index (χ1n) is 8.39. The van der Waals surface area contributed by atoms with E-state index in [2.05, 4.69) is 72.0 Å². The standard InChI is InChI=1S/C20H25N2O/c1-3-21(12-13-23)19-8-7-17(16(2)14-19)15-18-9-11-22-10-5-4-6-20(18)22/h4-8,10,14-15,23H,3,9,11-13H2,1-2H3/q+1. The van der Waals surface area contributed by atoms with E-state index in [9.17, 15) is 5.11 Å². The summed E-state index contributed by atoms with van der Waals surface area (Å²) in [5, 5.41) is 9.18. The van der Waals surface area contributed by atoms with Crippen molar-refractivity contribution < 1.29 is 9.67 Å². The van der Waals surface area contributed by atoms with Crippen molar-refractivity contribution in [1.82, 2.24) is 0 Å². The Morgan fingerprint density at radius 3 is 2.87 bits per heavy atom. The second-order valence-electron chi connectivity index (χ2n) is 6.04. The Kier molecular flexibility index (Phi) is 4.77. The van der Waals surface area contributed by atoms with E-state index in [-0.39, 0.29) is 6.61 Å². The normalized spacial score (nSPS) is 15.0. The number of benzene rings is 1. The van der Waals surface area contributed by atoms with E-state index in [0.29, 0.717) is 6.54 Å². The Morgan fingerprint density at radius 2 is 2.13 bits per heavy atom. The number of aliphatic hydroxyl groups excluding tert-OH is 1. The molecule has 2 aromatic rings. The number of likely N-dealkylation sites (N-methyl/N-ethyl adjacent to an activating group) is 1. The van der Waals surface area contributed by atoms with Crippen LogP contribution in [0.1, 0.15) is 30.2 Å². The van der Waals surface area contributed by atoms with Crippen LogP contribution in [-0.4, -0.2) is 24.8 Å². The monoisotopic (exact) mass is 309 g/mol.